The van der Waals surface area contributed by atoms with Crippen LogP contribution in [-0.2, 0) is 4.79 Å². The summed E-state index contributed by atoms with van der Waals surface area (Å²) in [7, 11) is 0. The number of aromatic nitrogens is 1. The fourth-order valence-electron chi connectivity index (χ4n) is 4.63. The van der Waals surface area contributed by atoms with Gasteiger partial charge in [0.25, 0.3) is 5.91 Å². The number of carbonyl (C=O) groups is 2. The topological polar surface area (TPSA) is 77.0 Å². The van der Waals surface area contributed by atoms with Gasteiger partial charge in [-0.25, -0.2) is 9.78 Å². The maximum Gasteiger partial charge on any atom is 0.327 e. The van der Waals surface area contributed by atoms with E-state index < -0.39 is 5.54 Å². The summed E-state index contributed by atoms with van der Waals surface area (Å²) in [5, 5.41) is 11.6. The number of piperidine rings is 1. The predicted octanol–water partition coefficient (Wildman–Crippen LogP) is 2.49. The zero-order valence-electron chi connectivity index (χ0n) is 17.0. The van der Waals surface area contributed by atoms with Gasteiger partial charge in [-0.1, -0.05) is 38.1 Å². The molecule has 29 heavy (non-hydrogen) atoms. The van der Waals surface area contributed by atoms with Gasteiger partial charge < -0.3 is 14.9 Å². The van der Waals surface area contributed by atoms with E-state index in [0.717, 1.165) is 16.6 Å². The Morgan fingerprint density at radius 3 is 2.55 bits per heavy atom. The van der Waals surface area contributed by atoms with Crippen molar-refractivity contribution < 1.29 is 14.7 Å². The molecular weight excluding hydrogens is 368 g/mol. The van der Waals surface area contributed by atoms with Gasteiger partial charge in [-0.2, -0.15) is 0 Å². The molecule has 0 aliphatic carbocycles. The molecule has 0 radical (unpaired) electrons. The molecule has 154 valence electrons. The minimum absolute atomic E-state index is 0.0581. The number of amides is 3. The highest BCUT2D eigenvalue weighted by molar-refractivity contribution is 6.07. The molecular formula is C22H28N4O3. The van der Waals surface area contributed by atoms with E-state index in [9.17, 15) is 14.7 Å². The molecule has 0 bridgehead atoms. The first kappa shape index (κ1) is 19.6. The first-order valence-corrected chi connectivity index (χ1v) is 10.3. The molecule has 2 aliphatic rings. The second-order valence-corrected chi connectivity index (χ2v) is 8.34. The summed E-state index contributed by atoms with van der Waals surface area (Å²) >= 11 is 0. The minimum Gasteiger partial charge on any atom is -0.395 e. The standard InChI is InChI=1S/C22H28N4O3/c1-16(2)15-26-21(29)25(13-14-27)20(28)22(26)8-11-24(12-9-22)19-18-6-4-3-5-17(18)7-10-23-19/h3-7,10,16,27H,8-9,11-15H2,1-2H3. The van der Waals surface area contributed by atoms with Crippen molar-refractivity contribution in [2.75, 3.05) is 37.7 Å². The Hall–Kier alpha value is -2.67. The number of urea groups is 1. The molecule has 2 aromatic rings. The molecule has 2 aliphatic heterocycles. The van der Waals surface area contributed by atoms with E-state index in [1.165, 1.54) is 4.90 Å². The van der Waals surface area contributed by atoms with Crippen molar-refractivity contribution in [1.82, 2.24) is 14.8 Å². The molecule has 3 heterocycles. The normalized spacial score (nSPS) is 19.2. The third kappa shape index (κ3) is 3.23. The summed E-state index contributed by atoms with van der Waals surface area (Å²) in [6, 6.07) is 9.90. The number of β-amino-alcohol motifs (C(OH)–C–C–N with tert-alkyl or cyclic N) is 1. The Bertz CT molecular complexity index is 916. The maximum absolute atomic E-state index is 13.2. The molecule has 7 nitrogen and oxygen atoms in total. The predicted molar refractivity (Wildman–Crippen MR) is 112 cm³/mol. The van der Waals surface area contributed by atoms with Gasteiger partial charge >= 0.3 is 6.03 Å². The van der Waals surface area contributed by atoms with Crippen LogP contribution in [0.15, 0.2) is 36.5 Å². The van der Waals surface area contributed by atoms with Crippen molar-refractivity contribution in [2.45, 2.75) is 32.2 Å². The van der Waals surface area contributed by atoms with Crippen LogP contribution in [-0.4, -0.2) is 70.2 Å². The van der Waals surface area contributed by atoms with Gasteiger partial charge in [0.15, 0.2) is 0 Å². The van der Waals surface area contributed by atoms with Gasteiger partial charge in [-0.05, 0) is 30.2 Å². The Kier molecular flexibility index (Phi) is 5.17. The summed E-state index contributed by atoms with van der Waals surface area (Å²) in [4.78, 5) is 36.0. The molecule has 1 aromatic carbocycles. The summed E-state index contributed by atoms with van der Waals surface area (Å²) in [5.41, 5.74) is -0.808. The van der Waals surface area contributed by atoms with Crippen LogP contribution in [0.2, 0.25) is 0 Å². The van der Waals surface area contributed by atoms with E-state index in [0.29, 0.717) is 32.5 Å². The number of nitrogens with zero attached hydrogens (tertiary/aromatic N) is 4. The monoisotopic (exact) mass is 396 g/mol. The van der Waals surface area contributed by atoms with Crippen molar-refractivity contribution in [3.63, 3.8) is 0 Å². The fourth-order valence-corrected chi connectivity index (χ4v) is 4.63. The number of hydrogen-bond donors (Lipinski definition) is 1. The first-order chi connectivity index (χ1) is 14.0. The number of imide groups is 1. The number of rotatable bonds is 5. The summed E-state index contributed by atoms with van der Waals surface area (Å²) in [6.07, 6.45) is 2.95. The van der Waals surface area contributed by atoms with Gasteiger partial charge in [0.05, 0.1) is 13.2 Å². The van der Waals surface area contributed by atoms with E-state index in [1.807, 2.05) is 24.4 Å². The van der Waals surface area contributed by atoms with Crippen LogP contribution in [0, 0.1) is 5.92 Å². The zero-order valence-corrected chi connectivity index (χ0v) is 17.0. The van der Waals surface area contributed by atoms with Crippen LogP contribution in [0.3, 0.4) is 0 Å². The highest BCUT2D eigenvalue weighted by Crippen LogP contribution is 2.39. The number of pyridine rings is 1. The average molecular weight is 396 g/mol. The summed E-state index contributed by atoms with van der Waals surface area (Å²) < 4.78 is 0. The summed E-state index contributed by atoms with van der Waals surface area (Å²) in [6.45, 7) is 5.80. The molecule has 0 unspecified atom stereocenters. The highest BCUT2D eigenvalue weighted by atomic mass is 16.3. The van der Waals surface area contributed by atoms with Crippen LogP contribution < -0.4 is 4.90 Å². The van der Waals surface area contributed by atoms with Gasteiger partial charge in [-0.3, -0.25) is 9.69 Å². The molecule has 1 aromatic heterocycles. The van der Waals surface area contributed by atoms with Gasteiger partial charge in [0.2, 0.25) is 0 Å². The Balaban J connectivity index is 1.62. The molecule has 1 N–H and O–H groups in total. The van der Waals surface area contributed by atoms with E-state index in [2.05, 4.69) is 35.9 Å². The quantitative estimate of drug-likeness (QED) is 0.786. The molecule has 0 atom stereocenters. The lowest BCUT2D eigenvalue weighted by molar-refractivity contribution is -0.134. The lowest BCUT2D eigenvalue weighted by atomic mass is 9.85. The number of fused-ring (bicyclic) bond motifs is 1. The molecule has 2 fully saturated rings. The average Bonchev–Trinajstić information content (AvgIpc) is 2.90. The van der Waals surface area contributed by atoms with E-state index in [-0.39, 0.29) is 31.0 Å². The van der Waals surface area contributed by atoms with Gasteiger partial charge in [0.1, 0.15) is 11.4 Å². The summed E-state index contributed by atoms with van der Waals surface area (Å²) in [5.74, 6) is 1.02. The Labute approximate surface area is 170 Å². The number of hydrogen-bond acceptors (Lipinski definition) is 5. The number of benzene rings is 1. The second kappa shape index (κ2) is 7.63. The van der Waals surface area contributed by atoms with E-state index >= 15 is 0 Å². The third-order valence-corrected chi connectivity index (χ3v) is 6.04. The Morgan fingerprint density at radius 2 is 1.86 bits per heavy atom. The van der Waals surface area contributed by atoms with Crippen molar-refractivity contribution in [3.05, 3.63) is 36.5 Å². The number of carbonyl (C=O) groups excluding carboxylic acids is 2. The third-order valence-electron chi connectivity index (χ3n) is 6.04. The minimum atomic E-state index is -0.808. The number of aliphatic hydroxyl groups is 1. The van der Waals surface area contributed by atoms with Gasteiger partial charge in [-0.15, -0.1) is 0 Å². The van der Waals surface area contributed by atoms with Crippen molar-refractivity contribution in [2.24, 2.45) is 5.92 Å². The highest BCUT2D eigenvalue weighted by Gasteiger charge is 2.57. The van der Waals surface area contributed by atoms with E-state index in [4.69, 9.17) is 0 Å². The second-order valence-electron chi connectivity index (χ2n) is 8.34. The largest absolute Gasteiger partial charge is 0.395 e. The number of aliphatic hydroxyl groups excluding tert-OH is 1. The zero-order chi connectivity index (χ0) is 20.6. The fraction of sp³-hybridized carbons (Fsp3) is 0.500. The van der Waals surface area contributed by atoms with E-state index in [1.54, 1.807) is 4.90 Å². The lowest BCUT2D eigenvalue weighted by Gasteiger charge is -2.43. The molecule has 2 saturated heterocycles. The number of anilines is 1. The molecule has 7 heteroatoms. The first-order valence-electron chi connectivity index (χ1n) is 10.3. The molecule has 4 rings (SSSR count). The smallest absolute Gasteiger partial charge is 0.327 e. The molecule has 1 spiro atoms. The van der Waals surface area contributed by atoms with Crippen LogP contribution >= 0.6 is 0 Å². The van der Waals surface area contributed by atoms with Crippen molar-refractivity contribution in [3.8, 4) is 0 Å². The molecule has 0 saturated carbocycles. The Morgan fingerprint density at radius 1 is 1.14 bits per heavy atom. The maximum atomic E-state index is 13.2. The lowest BCUT2D eigenvalue weighted by Crippen LogP contribution is -2.57. The van der Waals surface area contributed by atoms with Crippen LogP contribution in [0.4, 0.5) is 10.6 Å². The van der Waals surface area contributed by atoms with Crippen LogP contribution in [0.25, 0.3) is 10.8 Å². The van der Waals surface area contributed by atoms with Crippen molar-refractivity contribution >= 4 is 28.5 Å². The van der Waals surface area contributed by atoms with Crippen molar-refractivity contribution in [1.29, 1.82) is 0 Å². The van der Waals surface area contributed by atoms with Crippen LogP contribution in [0.5, 0.6) is 0 Å². The van der Waals surface area contributed by atoms with Gasteiger partial charge in [0, 0.05) is 31.2 Å². The molecule has 3 amide bonds. The SMILES string of the molecule is CC(C)CN1C(=O)N(CCO)C(=O)C12CCN(c1nccc3ccccc13)CC2. The van der Waals surface area contributed by atoms with Crippen LogP contribution in [0.1, 0.15) is 26.7 Å².